The standard InChI is InChI=1S/C13H27N3/c1-11-8-12(2)14-13(9-11)10-16-6-4-15(3)5-7-16/h11-14H,4-10H2,1-3H3. The summed E-state index contributed by atoms with van der Waals surface area (Å²) in [5, 5.41) is 3.75. The number of piperazine rings is 1. The lowest BCUT2D eigenvalue weighted by Crippen LogP contribution is -2.53. The number of nitrogens with zero attached hydrogens (tertiary/aromatic N) is 2. The van der Waals surface area contributed by atoms with E-state index in [1.54, 1.807) is 0 Å². The highest BCUT2D eigenvalue weighted by atomic mass is 15.3. The van der Waals surface area contributed by atoms with Crippen LogP contribution in [0.1, 0.15) is 26.7 Å². The maximum Gasteiger partial charge on any atom is 0.0200 e. The molecule has 0 aliphatic carbocycles. The first-order valence-corrected chi connectivity index (χ1v) is 6.80. The molecule has 2 fully saturated rings. The van der Waals surface area contributed by atoms with Gasteiger partial charge >= 0.3 is 0 Å². The number of likely N-dealkylation sites (N-methyl/N-ethyl adjacent to an activating group) is 1. The summed E-state index contributed by atoms with van der Waals surface area (Å²) in [6.07, 6.45) is 2.70. The molecule has 94 valence electrons. The molecule has 3 unspecified atom stereocenters. The highest BCUT2D eigenvalue weighted by molar-refractivity contribution is 4.84. The molecular formula is C13H27N3. The van der Waals surface area contributed by atoms with E-state index in [-0.39, 0.29) is 0 Å². The summed E-state index contributed by atoms with van der Waals surface area (Å²) < 4.78 is 0. The third kappa shape index (κ3) is 3.44. The maximum atomic E-state index is 3.75. The van der Waals surface area contributed by atoms with Gasteiger partial charge < -0.3 is 10.2 Å². The smallest absolute Gasteiger partial charge is 0.0200 e. The third-order valence-electron chi connectivity index (χ3n) is 4.04. The Balaban J connectivity index is 1.76. The van der Waals surface area contributed by atoms with E-state index in [9.17, 15) is 0 Å². The summed E-state index contributed by atoms with van der Waals surface area (Å²) in [5.41, 5.74) is 0. The van der Waals surface area contributed by atoms with Crippen LogP contribution in [0.25, 0.3) is 0 Å². The van der Waals surface area contributed by atoms with Crippen LogP contribution in [0.2, 0.25) is 0 Å². The van der Waals surface area contributed by atoms with Crippen LogP contribution in [-0.4, -0.2) is 61.7 Å². The van der Waals surface area contributed by atoms with Crippen molar-refractivity contribution in [3.8, 4) is 0 Å². The predicted molar refractivity (Wildman–Crippen MR) is 68.7 cm³/mol. The predicted octanol–water partition coefficient (Wildman–Crippen LogP) is 1.01. The van der Waals surface area contributed by atoms with Gasteiger partial charge in [0.25, 0.3) is 0 Å². The average Bonchev–Trinajstić information content (AvgIpc) is 2.20. The quantitative estimate of drug-likeness (QED) is 0.757. The normalized spacial score (nSPS) is 38.8. The van der Waals surface area contributed by atoms with E-state index in [1.165, 1.54) is 45.6 Å². The van der Waals surface area contributed by atoms with Crippen molar-refractivity contribution in [1.29, 1.82) is 0 Å². The van der Waals surface area contributed by atoms with Gasteiger partial charge in [-0.15, -0.1) is 0 Å². The van der Waals surface area contributed by atoms with E-state index < -0.39 is 0 Å². The fraction of sp³-hybridized carbons (Fsp3) is 1.00. The lowest BCUT2D eigenvalue weighted by Gasteiger charge is -2.39. The number of rotatable bonds is 2. The van der Waals surface area contributed by atoms with Gasteiger partial charge in [-0.05, 0) is 32.7 Å². The molecule has 0 aromatic rings. The molecule has 0 aromatic carbocycles. The van der Waals surface area contributed by atoms with Crippen molar-refractivity contribution in [3.05, 3.63) is 0 Å². The highest BCUT2D eigenvalue weighted by Crippen LogP contribution is 2.20. The SMILES string of the molecule is CC1CC(C)NC(CN2CCN(C)CC2)C1. The monoisotopic (exact) mass is 225 g/mol. The van der Waals surface area contributed by atoms with Crippen LogP contribution < -0.4 is 5.32 Å². The van der Waals surface area contributed by atoms with Crippen LogP contribution >= 0.6 is 0 Å². The van der Waals surface area contributed by atoms with Crippen molar-refractivity contribution in [2.45, 2.75) is 38.8 Å². The van der Waals surface area contributed by atoms with Gasteiger partial charge in [0, 0.05) is 44.8 Å². The van der Waals surface area contributed by atoms with Crippen LogP contribution in [0.5, 0.6) is 0 Å². The number of piperidine rings is 1. The first-order valence-electron chi connectivity index (χ1n) is 6.80. The van der Waals surface area contributed by atoms with Gasteiger partial charge in [-0.1, -0.05) is 6.92 Å². The molecule has 3 heteroatoms. The van der Waals surface area contributed by atoms with Crippen molar-refractivity contribution >= 4 is 0 Å². The molecule has 1 N–H and O–H groups in total. The van der Waals surface area contributed by atoms with Gasteiger partial charge in [-0.3, -0.25) is 4.90 Å². The fourth-order valence-electron chi connectivity index (χ4n) is 3.19. The zero-order chi connectivity index (χ0) is 11.5. The first kappa shape index (κ1) is 12.3. The Morgan fingerprint density at radius 2 is 1.75 bits per heavy atom. The molecule has 0 spiro atoms. The Morgan fingerprint density at radius 1 is 1.06 bits per heavy atom. The zero-order valence-corrected chi connectivity index (χ0v) is 11.1. The Kier molecular flexibility index (Phi) is 4.22. The molecule has 16 heavy (non-hydrogen) atoms. The van der Waals surface area contributed by atoms with E-state index >= 15 is 0 Å². The van der Waals surface area contributed by atoms with E-state index in [1.807, 2.05) is 0 Å². The van der Waals surface area contributed by atoms with E-state index in [4.69, 9.17) is 0 Å². The molecule has 2 rings (SSSR count). The topological polar surface area (TPSA) is 18.5 Å². The Labute approximate surface area is 100 Å². The largest absolute Gasteiger partial charge is 0.310 e. The average molecular weight is 225 g/mol. The third-order valence-corrected chi connectivity index (χ3v) is 4.04. The summed E-state index contributed by atoms with van der Waals surface area (Å²) >= 11 is 0. The molecular weight excluding hydrogens is 198 g/mol. The number of hydrogen-bond donors (Lipinski definition) is 1. The van der Waals surface area contributed by atoms with Crippen molar-refractivity contribution in [2.24, 2.45) is 5.92 Å². The molecule has 2 aliphatic heterocycles. The minimum atomic E-state index is 0.709. The Bertz CT molecular complexity index is 201. The minimum Gasteiger partial charge on any atom is -0.310 e. The van der Waals surface area contributed by atoms with E-state index in [0.29, 0.717) is 6.04 Å². The summed E-state index contributed by atoms with van der Waals surface area (Å²) in [6, 6.07) is 1.43. The second kappa shape index (κ2) is 5.48. The van der Waals surface area contributed by atoms with Crippen LogP contribution in [0.4, 0.5) is 0 Å². The lowest BCUT2D eigenvalue weighted by atomic mass is 9.89. The van der Waals surface area contributed by atoms with Gasteiger partial charge in [0.15, 0.2) is 0 Å². The van der Waals surface area contributed by atoms with Crippen molar-refractivity contribution in [2.75, 3.05) is 39.8 Å². The van der Waals surface area contributed by atoms with E-state index in [0.717, 1.165) is 12.0 Å². The van der Waals surface area contributed by atoms with Gasteiger partial charge in [-0.2, -0.15) is 0 Å². The molecule has 2 heterocycles. The first-order chi connectivity index (χ1) is 7.63. The molecule has 0 bridgehead atoms. The van der Waals surface area contributed by atoms with Crippen molar-refractivity contribution < 1.29 is 0 Å². The van der Waals surface area contributed by atoms with Gasteiger partial charge in [0.1, 0.15) is 0 Å². The van der Waals surface area contributed by atoms with Crippen molar-refractivity contribution in [3.63, 3.8) is 0 Å². The molecule has 3 nitrogen and oxygen atoms in total. The summed E-state index contributed by atoms with van der Waals surface area (Å²) in [7, 11) is 2.22. The molecule has 2 aliphatic rings. The molecule has 0 aromatic heterocycles. The van der Waals surface area contributed by atoms with Gasteiger partial charge in [0.05, 0.1) is 0 Å². The molecule has 2 saturated heterocycles. The van der Waals surface area contributed by atoms with Crippen LogP contribution in [-0.2, 0) is 0 Å². The van der Waals surface area contributed by atoms with Crippen LogP contribution in [0, 0.1) is 5.92 Å². The molecule has 0 radical (unpaired) electrons. The molecule has 0 amide bonds. The minimum absolute atomic E-state index is 0.709. The van der Waals surface area contributed by atoms with E-state index in [2.05, 4.69) is 36.0 Å². The maximum absolute atomic E-state index is 3.75. The highest BCUT2D eigenvalue weighted by Gasteiger charge is 2.25. The van der Waals surface area contributed by atoms with Gasteiger partial charge in [-0.25, -0.2) is 0 Å². The number of hydrogen-bond acceptors (Lipinski definition) is 3. The van der Waals surface area contributed by atoms with Crippen LogP contribution in [0.3, 0.4) is 0 Å². The Morgan fingerprint density at radius 3 is 2.38 bits per heavy atom. The van der Waals surface area contributed by atoms with Crippen molar-refractivity contribution in [1.82, 2.24) is 15.1 Å². The second-order valence-electron chi connectivity index (χ2n) is 5.95. The number of nitrogens with one attached hydrogen (secondary N) is 1. The summed E-state index contributed by atoms with van der Waals surface area (Å²) in [4.78, 5) is 5.05. The summed E-state index contributed by atoms with van der Waals surface area (Å²) in [6.45, 7) is 10.9. The lowest BCUT2D eigenvalue weighted by molar-refractivity contribution is 0.125. The zero-order valence-electron chi connectivity index (χ0n) is 11.1. The summed E-state index contributed by atoms with van der Waals surface area (Å²) in [5.74, 6) is 0.897. The fourth-order valence-corrected chi connectivity index (χ4v) is 3.19. The molecule has 0 saturated carbocycles. The molecule has 3 atom stereocenters. The Hall–Kier alpha value is -0.120. The van der Waals surface area contributed by atoms with Crippen LogP contribution in [0.15, 0.2) is 0 Å². The van der Waals surface area contributed by atoms with Gasteiger partial charge in [0.2, 0.25) is 0 Å². The second-order valence-corrected chi connectivity index (χ2v) is 5.95.